The number of aliphatic imine (C=N–C) groups is 1. The first-order chi connectivity index (χ1) is 16.6. The topological polar surface area (TPSA) is 70.6 Å². The van der Waals surface area contributed by atoms with Crippen LogP contribution in [0.1, 0.15) is 50.3 Å². The predicted octanol–water partition coefficient (Wildman–Crippen LogP) is 6.35. The van der Waals surface area contributed by atoms with Crippen LogP contribution in [0, 0.1) is 5.82 Å². The first-order valence-corrected chi connectivity index (χ1v) is 11.8. The van der Waals surface area contributed by atoms with Gasteiger partial charge in [0.1, 0.15) is 11.9 Å². The summed E-state index contributed by atoms with van der Waals surface area (Å²) in [6.45, 7) is 6.38. The number of anilines is 2. The molecule has 35 heavy (non-hydrogen) atoms. The molecule has 0 bridgehead atoms. The summed E-state index contributed by atoms with van der Waals surface area (Å²) < 4.78 is 14.7. The lowest BCUT2D eigenvalue weighted by molar-refractivity contribution is -0.118. The number of benzene rings is 3. The Balaban J connectivity index is 1.55. The molecule has 2 amide bonds. The van der Waals surface area contributed by atoms with E-state index in [1.807, 2.05) is 24.3 Å². The highest BCUT2D eigenvalue weighted by molar-refractivity contribution is 6.32. The fourth-order valence-electron chi connectivity index (χ4n) is 3.93. The zero-order valence-corrected chi connectivity index (χ0v) is 20.6. The van der Waals surface area contributed by atoms with Crippen molar-refractivity contribution < 1.29 is 14.0 Å². The van der Waals surface area contributed by atoms with Gasteiger partial charge in [0.05, 0.1) is 11.4 Å². The minimum atomic E-state index is -0.871. The van der Waals surface area contributed by atoms with Crippen LogP contribution in [-0.2, 0) is 15.0 Å². The zero-order valence-electron chi connectivity index (χ0n) is 19.9. The van der Waals surface area contributed by atoms with E-state index in [-0.39, 0.29) is 35.6 Å². The maximum absolute atomic E-state index is 14.7. The van der Waals surface area contributed by atoms with Gasteiger partial charge < -0.3 is 10.6 Å². The van der Waals surface area contributed by atoms with E-state index in [0.717, 1.165) is 0 Å². The molecule has 4 rings (SSSR count). The number of benzodiazepines with no additional fused rings is 1. The number of carbonyl (C=O) groups is 2. The molecule has 1 atom stereocenters. The van der Waals surface area contributed by atoms with Crippen molar-refractivity contribution in [3.05, 3.63) is 94.3 Å². The van der Waals surface area contributed by atoms with Gasteiger partial charge in [0.2, 0.25) is 11.8 Å². The van der Waals surface area contributed by atoms with Gasteiger partial charge in [0, 0.05) is 28.3 Å². The minimum absolute atomic E-state index is 0.0190. The molecule has 0 saturated heterocycles. The van der Waals surface area contributed by atoms with Crippen molar-refractivity contribution in [2.75, 3.05) is 10.6 Å². The highest BCUT2D eigenvalue weighted by Crippen LogP contribution is 2.29. The number of halogens is 2. The molecule has 0 aromatic heterocycles. The van der Waals surface area contributed by atoms with Gasteiger partial charge in [0.15, 0.2) is 0 Å². The van der Waals surface area contributed by atoms with E-state index in [1.54, 1.807) is 36.4 Å². The maximum atomic E-state index is 14.7. The Morgan fingerprint density at radius 3 is 2.46 bits per heavy atom. The molecule has 1 aliphatic heterocycles. The Morgan fingerprint density at radius 1 is 1.06 bits per heavy atom. The second kappa shape index (κ2) is 10.0. The van der Waals surface area contributed by atoms with Crippen molar-refractivity contribution in [2.24, 2.45) is 4.99 Å². The van der Waals surface area contributed by atoms with Gasteiger partial charge in [-0.25, -0.2) is 4.39 Å². The Kier molecular flexibility index (Phi) is 7.03. The lowest BCUT2D eigenvalue weighted by Crippen LogP contribution is -2.27. The number of hydrogen-bond donors (Lipinski definition) is 2. The van der Waals surface area contributed by atoms with Crippen molar-refractivity contribution >= 4 is 40.5 Å². The molecule has 5 nitrogen and oxygen atoms in total. The average molecular weight is 492 g/mol. The van der Waals surface area contributed by atoms with E-state index in [4.69, 9.17) is 11.6 Å². The van der Waals surface area contributed by atoms with Crippen LogP contribution in [0.2, 0.25) is 5.02 Å². The molecule has 7 heteroatoms. The molecule has 1 aliphatic rings. The Labute approximate surface area is 209 Å². The highest BCUT2D eigenvalue weighted by Gasteiger charge is 2.27. The molecule has 0 spiro atoms. The molecular weight excluding hydrogens is 465 g/mol. The molecular formula is C28H27ClFN3O2. The molecule has 3 aromatic rings. The van der Waals surface area contributed by atoms with Gasteiger partial charge in [-0.15, -0.1) is 0 Å². The second-order valence-corrected chi connectivity index (χ2v) is 10.0. The van der Waals surface area contributed by atoms with Crippen LogP contribution >= 0.6 is 11.6 Å². The van der Waals surface area contributed by atoms with Gasteiger partial charge in [-0.3, -0.25) is 14.6 Å². The minimum Gasteiger partial charge on any atom is -0.326 e. The molecule has 1 heterocycles. The summed E-state index contributed by atoms with van der Waals surface area (Å²) in [5.41, 5.74) is 3.48. The second-order valence-electron chi connectivity index (χ2n) is 9.57. The maximum Gasteiger partial charge on any atom is 0.249 e. The van der Waals surface area contributed by atoms with E-state index in [1.165, 1.54) is 11.6 Å². The van der Waals surface area contributed by atoms with Crippen LogP contribution in [0.3, 0.4) is 0 Å². The summed E-state index contributed by atoms with van der Waals surface area (Å²) in [6, 6.07) is 18.1. The Bertz CT molecular complexity index is 1300. The van der Waals surface area contributed by atoms with Crippen LogP contribution < -0.4 is 10.6 Å². The number of rotatable bonds is 5. The van der Waals surface area contributed by atoms with Crippen LogP contribution in [0.4, 0.5) is 15.8 Å². The summed E-state index contributed by atoms with van der Waals surface area (Å²) in [5, 5.41) is 6.16. The number of nitrogens with zero attached hydrogens (tertiary/aromatic N) is 1. The quantitative estimate of drug-likeness (QED) is 0.436. The number of hydrogen-bond acceptors (Lipinski definition) is 3. The predicted molar refractivity (Wildman–Crippen MR) is 139 cm³/mol. The Hall–Kier alpha value is -3.51. The first-order valence-electron chi connectivity index (χ1n) is 11.5. The van der Waals surface area contributed by atoms with Gasteiger partial charge in [-0.1, -0.05) is 56.6 Å². The first kappa shape index (κ1) is 24.6. The highest BCUT2D eigenvalue weighted by atomic mass is 35.5. The number of fused-ring (bicyclic) bond motifs is 1. The van der Waals surface area contributed by atoms with Crippen molar-refractivity contribution in [3.8, 4) is 0 Å². The lowest BCUT2D eigenvalue weighted by atomic mass is 9.87. The molecule has 180 valence electrons. The SMILES string of the molecule is CC(C)(C)c1ccc(NC(=O)CCC2N=C(c3ccccc3F)c3cc(Cl)ccc3NC2=O)cc1. The standard InChI is InChI=1S/C28H27ClFN3O2/c1-28(2,3)17-8-11-19(12-9-17)31-25(34)15-14-24-27(35)33-23-13-10-18(29)16-21(23)26(32-24)20-6-4-5-7-22(20)30/h4-13,16,24H,14-15H2,1-3H3,(H,31,34)(H,33,35). The number of amides is 2. The normalized spacial score (nSPS) is 15.5. The molecule has 1 unspecified atom stereocenters. The molecule has 0 aliphatic carbocycles. The monoisotopic (exact) mass is 491 g/mol. The zero-order chi connectivity index (χ0) is 25.2. The van der Waals surface area contributed by atoms with Gasteiger partial charge in [-0.2, -0.15) is 0 Å². The molecule has 0 radical (unpaired) electrons. The van der Waals surface area contributed by atoms with Crippen molar-refractivity contribution in [1.82, 2.24) is 0 Å². The third kappa shape index (κ3) is 5.77. The van der Waals surface area contributed by atoms with Gasteiger partial charge in [0.25, 0.3) is 0 Å². The molecule has 0 saturated carbocycles. The summed E-state index contributed by atoms with van der Waals surface area (Å²) in [4.78, 5) is 30.2. The van der Waals surface area contributed by atoms with Crippen molar-refractivity contribution in [1.29, 1.82) is 0 Å². The van der Waals surface area contributed by atoms with E-state index in [2.05, 4.69) is 36.4 Å². The number of carbonyl (C=O) groups excluding carboxylic acids is 2. The van der Waals surface area contributed by atoms with Crippen LogP contribution in [0.15, 0.2) is 71.7 Å². The Morgan fingerprint density at radius 2 is 1.77 bits per heavy atom. The largest absolute Gasteiger partial charge is 0.326 e. The van der Waals surface area contributed by atoms with Crippen LogP contribution in [0.25, 0.3) is 0 Å². The fraction of sp³-hybridized carbons (Fsp3) is 0.250. The van der Waals surface area contributed by atoms with Gasteiger partial charge >= 0.3 is 0 Å². The van der Waals surface area contributed by atoms with E-state index >= 15 is 0 Å². The molecule has 3 aromatic carbocycles. The molecule has 2 N–H and O–H groups in total. The fourth-order valence-corrected chi connectivity index (χ4v) is 4.10. The van der Waals surface area contributed by atoms with Crippen molar-refractivity contribution in [3.63, 3.8) is 0 Å². The van der Waals surface area contributed by atoms with Crippen molar-refractivity contribution in [2.45, 2.75) is 45.1 Å². The van der Waals surface area contributed by atoms with Crippen LogP contribution in [-0.4, -0.2) is 23.6 Å². The summed E-state index contributed by atoms with van der Waals surface area (Å²) in [6.07, 6.45) is 0.238. The smallest absolute Gasteiger partial charge is 0.249 e. The average Bonchev–Trinajstić information content (AvgIpc) is 2.94. The third-order valence-corrected chi connectivity index (χ3v) is 6.13. The lowest BCUT2D eigenvalue weighted by Gasteiger charge is -2.19. The number of nitrogens with one attached hydrogen (secondary N) is 2. The van der Waals surface area contributed by atoms with E-state index in [9.17, 15) is 14.0 Å². The summed E-state index contributed by atoms with van der Waals surface area (Å²) >= 11 is 6.20. The van der Waals surface area contributed by atoms with E-state index in [0.29, 0.717) is 27.7 Å². The summed E-state index contributed by atoms with van der Waals surface area (Å²) in [7, 11) is 0. The van der Waals surface area contributed by atoms with Gasteiger partial charge in [-0.05, 0) is 59.9 Å². The van der Waals surface area contributed by atoms with E-state index < -0.39 is 11.9 Å². The van der Waals surface area contributed by atoms with Crippen LogP contribution in [0.5, 0.6) is 0 Å². The third-order valence-electron chi connectivity index (χ3n) is 5.89. The summed E-state index contributed by atoms with van der Waals surface area (Å²) in [5.74, 6) is -1.04. The molecule has 0 fully saturated rings.